The van der Waals surface area contributed by atoms with Gasteiger partial charge >= 0.3 is 5.56 Å². The predicted molar refractivity (Wildman–Crippen MR) is 114 cm³/mol. The highest BCUT2D eigenvalue weighted by Crippen LogP contribution is 2.05. The molecule has 3 N–H and O–H groups in total. The lowest BCUT2D eigenvalue weighted by Gasteiger charge is -2.14. The number of rotatable bonds is 12. The summed E-state index contributed by atoms with van der Waals surface area (Å²) in [6.45, 7) is 5.28. The Kier molecular flexibility index (Phi) is 9.37. The van der Waals surface area contributed by atoms with E-state index in [4.69, 9.17) is 10.6 Å². The fourth-order valence-electron chi connectivity index (χ4n) is 2.95. The van der Waals surface area contributed by atoms with Gasteiger partial charge in [0.15, 0.2) is 0 Å². The molecule has 1 heterocycles. The minimum atomic E-state index is -0.307. The minimum absolute atomic E-state index is 0.0694. The van der Waals surface area contributed by atoms with Crippen LogP contribution in [0, 0.1) is 13.8 Å². The van der Waals surface area contributed by atoms with Gasteiger partial charge in [-0.05, 0) is 38.8 Å². The van der Waals surface area contributed by atoms with Crippen molar-refractivity contribution in [2.45, 2.75) is 59.0 Å². The molecule has 0 spiro atoms. The van der Waals surface area contributed by atoms with Gasteiger partial charge in [0.25, 0.3) is 0 Å². The maximum absolute atomic E-state index is 12.8. The molecule has 7 heteroatoms. The van der Waals surface area contributed by atoms with Crippen molar-refractivity contribution in [3.8, 4) is 0 Å². The Balaban J connectivity index is 1.91. The van der Waals surface area contributed by atoms with Crippen molar-refractivity contribution in [3.63, 3.8) is 0 Å². The molecular formula is C22H32N4O3. The van der Waals surface area contributed by atoms with Crippen LogP contribution in [0.1, 0.15) is 54.7 Å². The van der Waals surface area contributed by atoms with E-state index < -0.39 is 0 Å². The third-order valence-corrected chi connectivity index (χ3v) is 4.81. The number of carbonyl (C=O) groups excluding carboxylic acids is 1. The van der Waals surface area contributed by atoms with Crippen molar-refractivity contribution < 1.29 is 9.63 Å². The number of nitrogens with zero attached hydrogens (tertiary/aromatic N) is 2. The van der Waals surface area contributed by atoms with Gasteiger partial charge in [-0.1, -0.05) is 43.2 Å². The van der Waals surface area contributed by atoms with Crippen LogP contribution in [-0.2, 0) is 17.8 Å². The molecule has 7 nitrogen and oxygen atoms in total. The van der Waals surface area contributed by atoms with E-state index in [9.17, 15) is 9.59 Å². The van der Waals surface area contributed by atoms with Crippen LogP contribution in [0.2, 0.25) is 0 Å². The smallest absolute Gasteiger partial charge is 0.304 e. The second kappa shape index (κ2) is 12.0. The summed E-state index contributed by atoms with van der Waals surface area (Å²) in [7, 11) is 0. The number of unbranched alkanes of at least 4 members (excludes halogenated alkanes) is 3. The van der Waals surface area contributed by atoms with Gasteiger partial charge in [0, 0.05) is 19.4 Å². The normalized spacial score (nSPS) is 10.7. The van der Waals surface area contributed by atoms with Crippen molar-refractivity contribution in [1.82, 2.24) is 15.0 Å². The van der Waals surface area contributed by atoms with Crippen LogP contribution in [0.5, 0.6) is 0 Å². The summed E-state index contributed by atoms with van der Waals surface area (Å²) in [5.41, 5.74) is 7.86. The van der Waals surface area contributed by atoms with Crippen LogP contribution in [0.25, 0.3) is 0 Å². The highest BCUT2D eigenvalue weighted by atomic mass is 16.7. The van der Waals surface area contributed by atoms with Crippen LogP contribution in [0.15, 0.2) is 35.1 Å². The Morgan fingerprint density at radius 1 is 1.14 bits per heavy atom. The predicted octanol–water partition coefficient (Wildman–Crippen LogP) is 2.06. The van der Waals surface area contributed by atoms with Crippen LogP contribution >= 0.6 is 0 Å². The molecule has 158 valence electrons. The maximum Gasteiger partial charge on any atom is 0.304 e. The first kappa shape index (κ1) is 22.6. The third-order valence-electron chi connectivity index (χ3n) is 4.81. The Morgan fingerprint density at radius 3 is 2.59 bits per heavy atom. The van der Waals surface area contributed by atoms with E-state index in [1.807, 2.05) is 37.3 Å². The third kappa shape index (κ3) is 7.34. The number of hydrogen-bond donors (Lipinski definition) is 2. The number of amides is 1. The molecule has 0 atom stereocenters. The standard InChI is InChI=1S/C22H32N4O3/c1-17-18(2)26(29-16-19-10-6-5-7-11-19)22(28)20(25-17)12-13-21(27)24-15-9-4-3-8-14-23/h5-7,10-11H,3-4,8-9,12-16,23H2,1-2H3,(H,24,27). The Morgan fingerprint density at radius 2 is 1.86 bits per heavy atom. The van der Waals surface area contributed by atoms with Crippen molar-refractivity contribution in [3.05, 3.63) is 63.3 Å². The van der Waals surface area contributed by atoms with E-state index in [2.05, 4.69) is 10.3 Å². The molecule has 2 aromatic rings. The summed E-state index contributed by atoms with van der Waals surface area (Å²) in [5.74, 6) is -0.0694. The number of benzene rings is 1. The van der Waals surface area contributed by atoms with Gasteiger partial charge in [-0.3, -0.25) is 14.6 Å². The van der Waals surface area contributed by atoms with E-state index in [0.29, 0.717) is 30.2 Å². The van der Waals surface area contributed by atoms with Crippen molar-refractivity contribution in [2.75, 3.05) is 13.1 Å². The molecule has 0 bridgehead atoms. The second-order valence-electron chi connectivity index (χ2n) is 7.14. The van der Waals surface area contributed by atoms with Crippen molar-refractivity contribution in [2.24, 2.45) is 5.73 Å². The Hall–Kier alpha value is -2.67. The van der Waals surface area contributed by atoms with E-state index in [1.54, 1.807) is 6.92 Å². The van der Waals surface area contributed by atoms with E-state index in [-0.39, 0.29) is 30.9 Å². The van der Waals surface area contributed by atoms with Gasteiger partial charge in [0.1, 0.15) is 12.3 Å². The molecular weight excluding hydrogens is 368 g/mol. The molecule has 0 radical (unpaired) electrons. The average molecular weight is 401 g/mol. The molecule has 0 aliphatic rings. The topological polar surface area (TPSA) is 99.2 Å². The number of carbonyl (C=O) groups is 1. The molecule has 0 fully saturated rings. The van der Waals surface area contributed by atoms with E-state index in [1.165, 1.54) is 4.73 Å². The second-order valence-corrected chi connectivity index (χ2v) is 7.14. The summed E-state index contributed by atoms with van der Waals surface area (Å²) < 4.78 is 1.29. The lowest BCUT2D eigenvalue weighted by molar-refractivity contribution is -0.121. The van der Waals surface area contributed by atoms with E-state index in [0.717, 1.165) is 31.2 Å². The van der Waals surface area contributed by atoms with Gasteiger partial charge in [0.05, 0.1) is 11.4 Å². The molecule has 1 aromatic heterocycles. The van der Waals surface area contributed by atoms with Gasteiger partial charge < -0.3 is 15.9 Å². The van der Waals surface area contributed by atoms with Crippen LogP contribution in [0.3, 0.4) is 0 Å². The average Bonchev–Trinajstić information content (AvgIpc) is 2.73. The largest absolute Gasteiger partial charge is 0.406 e. The molecule has 1 amide bonds. The van der Waals surface area contributed by atoms with E-state index >= 15 is 0 Å². The van der Waals surface area contributed by atoms with Crippen LogP contribution < -0.4 is 21.4 Å². The van der Waals surface area contributed by atoms with Gasteiger partial charge in [0.2, 0.25) is 5.91 Å². The zero-order chi connectivity index (χ0) is 21.1. The highest BCUT2D eigenvalue weighted by molar-refractivity contribution is 5.76. The lowest BCUT2D eigenvalue weighted by Crippen LogP contribution is -2.34. The summed E-state index contributed by atoms with van der Waals surface area (Å²) in [6, 6.07) is 9.66. The molecule has 0 saturated carbocycles. The highest BCUT2D eigenvalue weighted by Gasteiger charge is 2.14. The number of aromatic nitrogens is 2. The fraction of sp³-hybridized carbons (Fsp3) is 0.500. The minimum Gasteiger partial charge on any atom is -0.406 e. The van der Waals surface area contributed by atoms with Gasteiger partial charge in [-0.15, -0.1) is 4.73 Å². The molecule has 0 unspecified atom stereocenters. The Labute approximate surface area is 172 Å². The summed E-state index contributed by atoms with van der Waals surface area (Å²) in [6.07, 6.45) is 4.61. The zero-order valence-electron chi connectivity index (χ0n) is 17.4. The first-order chi connectivity index (χ1) is 14.0. The van der Waals surface area contributed by atoms with Crippen LogP contribution in [-0.4, -0.2) is 28.7 Å². The Bertz CT molecular complexity index is 834. The lowest BCUT2D eigenvalue weighted by atomic mass is 10.2. The van der Waals surface area contributed by atoms with Gasteiger partial charge in [-0.2, -0.15) is 0 Å². The molecule has 2 rings (SSSR count). The fourth-order valence-corrected chi connectivity index (χ4v) is 2.95. The quantitative estimate of drug-likeness (QED) is 0.531. The number of nitrogens with two attached hydrogens (primary N) is 1. The number of aryl methyl sites for hydroxylation is 2. The van der Waals surface area contributed by atoms with Crippen molar-refractivity contribution >= 4 is 5.91 Å². The van der Waals surface area contributed by atoms with Crippen LogP contribution in [0.4, 0.5) is 0 Å². The maximum atomic E-state index is 12.8. The summed E-state index contributed by atoms with van der Waals surface area (Å²) >= 11 is 0. The first-order valence-corrected chi connectivity index (χ1v) is 10.3. The molecule has 0 aliphatic heterocycles. The summed E-state index contributed by atoms with van der Waals surface area (Å²) in [4.78, 5) is 35.0. The molecule has 0 aliphatic carbocycles. The number of hydrogen-bond acceptors (Lipinski definition) is 5. The van der Waals surface area contributed by atoms with Gasteiger partial charge in [-0.25, -0.2) is 0 Å². The monoisotopic (exact) mass is 400 g/mol. The van der Waals surface area contributed by atoms with Crippen molar-refractivity contribution in [1.29, 1.82) is 0 Å². The summed E-state index contributed by atoms with van der Waals surface area (Å²) in [5, 5.41) is 2.90. The molecule has 0 saturated heterocycles. The molecule has 29 heavy (non-hydrogen) atoms. The zero-order valence-corrected chi connectivity index (χ0v) is 17.4. The SMILES string of the molecule is Cc1nc(CCC(=O)NCCCCCCN)c(=O)n(OCc2ccccc2)c1C. The molecule has 1 aromatic carbocycles. The number of nitrogens with one attached hydrogen (secondary N) is 1. The first-order valence-electron chi connectivity index (χ1n) is 10.3.